The van der Waals surface area contributed by atoms with E-state index in [-0.39, 0.29) is 11.5 Å². The highest BCUT2D eigenvalue weighted by Gasteiger charge is 2.16. The van der Waals surface area contributed by atoms with Gasteiger partial charge < -0.3 is 15.0 Å². The minimum Gasteiger partial charge on any atom is -0.494 e. The first-order valence-electron chi connectivity index (χ1n) is 8.90. The molecule has 0 spiro atoms. The van der Waals surface area contributed by atoms with Crippen molar-refractivity contribution in [1.82, 2.24) is 9.97 Å². The standard InChI is InChI=1S/C19H25N3O3S2/c1-4-10-26-12-15-11-17(23)22-19(21-15)27-13(3)18(24)20-14-6-8-16(9-7-14)25-5-2/h6-9,11,13H,4-5,10,12H2,1-3H3,(H,20,24)(H,21,22,23). The Labute approximate surface area is 167 Å². The molecule has 0 saturated carbocycles. The van der Waals surface area contributed by atoms with Gasteiger partial charge in [-0.15, -0.1) is 0 Å². The van der Waals surface area contributed by atoms with Crippen LogP contribution in [0.25, 0.3) is 0 Å². The lowest BCUT2D eigenvalue weighted by Crippen LogP contribution is -2.23. The highest BCUT2D eigenvalue weighted by atomic mass is 32.2. The summed E-state index contributed by atoms with van der Waals surface area (Å²) in [6, 6.07) is 8.73. The molecule has 0 aliphatic heterocycles. The number of amides is 1. The quantitative estimate of drug-likeness (QED) is 0.353. The second-order valence-electron chi connectivity index (χ2n) is 5.80. The van der Waals surface area contributed by atoms with Crippen LogP contribution in [0.2, 0.25) is 0 Å². The Hall–Kier alpha value is -1.93. The average molecular weight is 408 g/mol. The van der Waals surface area contributed by atoms with E-state index in [1.54, 1.807) is 30.8 Å². The number of rotatable bonds is 10. The minimum atomic E-state index is -0.404. The van der Waals surface area contributed by atoms with E-state index in [9.17, 15) is 9.59 Å². The highest BCUT2D eigenvalue weighted by molar-refractivity contribution is 8.00. The normalized spacial score (nSPS) is 11.8. The number of hydrogen-bond donors (Lipinski definition) is 2. The molecule has 1 heterocycles. The maximum atomic E-state index is 12.4. The molecule has 1 amide bonds. The van der Waals surface area contributed by atoms with Crippen LogP contribution in [0.3, 0.4) is 0 Å². The number of carbonyl (C=O) groups excluding carboxylic acids is 1. The van der Waals surface area contributed by atoms with E-state index in [4.69, 9.17) is 4.74 Å². The van der Waals surface area contributed by atoms with E-state index in [1.807, 2.05) is 19.1 Å². The van der Waals surface area contributed by atoms with E-state index in [1.165, 1.54) is 17.8 Å². The van der Waals surface area contributed by atoms with Crippen molar-refractivity contribution in [2.24, 2.45) is 0 Å². The van der Waals surface area contributed by atoms with E-state index < -0.39 is 5.25 Å². The molecule has 6 nitrogen and oxygen atoms in total. The maximum Gasteiger partial charge on any atom is 0.251 e. The summed E-state index contributed by atoms with van der Waals surface area (Å²) in [5.41, 5.74) is 1.24. The Kier molecular flexibility index (Phi) is 8.74. The second kappa shape index (κ2) is 11.0. The summed E-state index contributed by atoms with van der Waals surface area (Å²) in [5, 5.41) is 2.92. The third-order valence-electron chi connectivity index (χ3n) is 3.46. The largest absolute Gasteiger partial charge is 0.494 e. The van der Waals surface area contributed by atoms with Crippen molar-refractivity contribution in [2.75, 3.05) is 17.7 Å². The Balaban J connectivity index is 1.96. The van der Waals surface area contributed by atoms with Crippen molar-refractivity contribution < 1.29 is 9.53 Å². The van der Waals surface area contributed by atoms with Gasteiger partial charge in [-0.05, 0) is 50.3 Å². The smallest absolute Gasteiger partial charge is 0.251 e. The van der Waals surface area contributed by atoms with E-state index in [0.717, 1.165) is 23.6 Å². The molecule has 1 unspecified atom stereocenters. The van der Waals surface area contributed by atoms with E-state index in [2.05, 4.69) is 22.2 Å². The fourth-order valence-corrected chi connectivity index (χ4v) is 3.82. The maximum absolute atomic E-state index is 12.4. The average Bonchev–Trinajstić information content (AvgIpc) is 2.63. The molecule has 2 aromatic rings. The van der Waals surface area contributed by atoms with Gasteiger partial charge in [0.05, 0.1) is 17.6 Å². The molecule has 0 fully saturated rings. The molecule has 0 saturated heterocycles. The number of thioether (sulfide) groups is 2. The van der Waals surface area contributed by atoms with Gasteiger partial charge in [-0.1, -0.05) is 18.7 Å². The fourth-order valence-electron chi connectivity index (χ4n) is 2.20. The number of benzene rings is 1. The monoisotopic (exact) mass is 407 g/mol. The zero-order valence-electron chi connectivity index (χ0n) is 15.8. The number of aromatic amines is 1. The van der Waals surface area contributed by atoms with Crippen LogP contribution < -0.4 is 15.6 Å². The number of nitrogens with one attached hydrogen (secondary N) is 2. The van der Waals surface area contributed by atoms with Crippen LogP contribution in [0.4, 0.5) is 5.69 Å². The van der Waals surface area contributed by atoms with Crippen molar-refractivity contribution in [3.8, 4) is 5.75 Å². The van der Waals surface area contributed by atoms with Gasteiger partial charge in [0.25, 0.3) is 5.56 Å². The minimum absolute atomic E-state index is 0.155. The second-order valence-corrected chi connectivity index (χ2v) is 8.24. The van der Waals surface area contributed by atoms with Crippen molar-refractivity contribution in [1.29, 1.82) is 0 Å². The Morgan fingerprint density at radius 3 is 2.70 bits per heavy atom. The molecule has 0 aliphatic rings. The molecule has 0 radical (unpaired) electrons. The van der Waals surface area contributed by atoms with Gasteiger partial charge in [0.15, 0.2) is 5.16 Å². The van der Waals surface area contributed by atoms with E-state index in [0.29, 0.717) is 23.2 Å². The molecular formula is C19H25N3O3S2. The Morgan fingerprint density at radius 2 is 2.04 bits per heavy atom. The van der Waals surface area contributed by atoms with Gasteiger partial charge in [0, 0.05) is 17.5 Å². The summed E-state index contributed by atoms with van der Waals surface area (Å²) in [4.78, 5) is 31.4. The summed E-state index contributed by atoms with van der Waals surface area (Å²) in [5.74, 6) is 2.32. The summed E-state index contributed by atoms with van der Waals surface area (Å²) in [6.07, 6.45) is 1.08. The Morgan fingerprint density at radius 1 is 1.30 bits per heavy atom. The van der Waals surface area contributed by atoms with Gasteiger partial charge in [-0.3, -0.25) is 9.59 Å². The van der Waals surface area contributed by atoms with Gasteiger partial charge >= 0.3 is 0 Å². The summed E-state index contributed by atoms with van der Waals surface area (Å²) >= 11 is 2.98. The zero-order chi connectivity index (χ0) is 19.6. The lowest BCUT2D eigenvalue weighted by atomic mass is 10.3. The lowest BCUT2D eigenvalue weighted by molar-refractivity contribution is -0.115. The number of H-pyrrole nitrogens is 1. The molecule has 1 aromatic carbocycles. The van der Waals surface area contributed by atoms with Crippen LogP contribution in [0.5, 0.6) is 5.75 Å². The molecular weight excluding hydrogens is 382 g/mol. The van der Waals surface area contributed by atoms with Crippen LogP contribution in [-0.4, -0.2) is 33.5 Å². The molecule has 1 aromatic heterocycles. The van der Waals surface area contributed by atoms with Gasteiger partial charge in [0.1, 0.15) is 5.75 Å². The predicted octanol–water partition coefficient (Wildman–Crippen LogP) is 3.93. The van der Waals surface area contributed by atoms with Crippen molar-refractivity contribution in [2.45, 2.75) is 43.4 Å². The van der Waals surface area contributed by atoms with Gasteiger partial charge in [0.2, 0.25) is 5.91 Å². The van der Waals surface area contributed by atoms with Crippen LogP contribution >= 0.6 is 23.5 Å². The van der Waals surface area contributed by atoms with Crippen molar-refractivity contribution in [3.63, 3.8) is 0 Å². The summed E-state index contributed by atoms with van der Waals surface area (Å²) in [6.45, 7) is 6.42. The third kappa shape index (κ3) is 7.30. The molecule has 0 aliphatic carbocycles. The number of nitrogens with zero attached hydrogens (tertiary/aromatic N) is 1. The summed E-state index contributed by atoms with van der Waals surface area (Å²) < 4.78 is 5.39. The molecule has 8 heteroatoms. The third-order valence-corrected chi connectivity index (χ3v) is 5.64. The molecule has 1 atom stereocenters. The number of aromatic nitrogens is 2. The SMILES string of the molecule is CCCSCc1cc(=O)[nH]c(SC(C)C(=O)Nc2ccc(OCC)cc2)n1. The predicted molar refractivity (Wildman–Crippen MR) is 113 cm³/mol. The first kappa shape index (κ1) is 21.4. The molecule has 146 valence electrons. The van der Waals surface area contributed by atoms with Crippen molar-refractivity contribution in [3.05, 3.63) is 46.4 Å². The lowest BCUT2D eigenvalue weighted by Gasteiger charge is -2.12. The highest BCUT2D eigenvalue weighted by Crippen LogP contribution is 2.22. The Bertz CT molecular complexity index is 794. The van der Waals surface area contributed by atoms with Gasteiger partial charge in [-0.2, -0.15) is 11.8 Å². The molecule has 27 heavy (non-hydrogen) atoms. The number of carbonyl (C=O) groups is 1. The molecule has 0 bridgehead atoms. The first-order chi connectivity index (χ1) is 13.0. The summed E-state index contributed by atoms with van der Waals surface area (Å²) in [7, 11) is 0. The number of ether oxygens (including phenoxy) is 1. The number of anilines is 1. The number of hydrogen-bond acceptors (Lipinski definition) is 6. The van der Waals surface area contributed by atoms with Crippen molar-refractivity contribution >= 4 is 35.1 Å². The molecule has 2 rings (SSSR count). The molecule has 2 N–H and O–H groups in total. The van der Waals surface area contributed by atoms with E-state index >= 15 is 0 Å². The van der Waals surface area contributed by atoms with Crippen LogP contribution in [0.1, 0.15) is 32.9 Å². The first-order valence-corrected chi connectivity index (χ1v) is 10.9. The van der Waals surface area contributed by atoms with Crippen LogP contribution in [0, 0.1) is 0 Å². The van der Waals surface area contributed by atoms with Crippen LogP contribution in [-0.2, 0) is 10.5 Å². The zero-order valence-corrected chi connectivity index (χ0v) is 17.4. The topological polar surface area (TPSA) is 84.1 Å². The fraction of sp³-hybridized carbons (Fsp3) is 0.421. The van der Waals surface area contributed by atoms with Crippen LogP contribution in [0.15, 0.2) is 40.3 Å². The van der Waals surface area contributed by atoms with Gasteiger partial charge in [-0.25, -0.2) is 4.98 Å².